The molecule has 2 nitrogen and oxygen atoms in total. The van der Waals surface area contributed by atoms with Gasteiger partial charge in [-0.3, -0.25) is 4.79 Å². The standard InChI is InChI=1S/C11H23NOS/c1-7(2)9(5)12(6)11(13)10(14)8(3)4/h7-10,14H,1-6H3. The van der Waals surface area contributed by atoms with Gasteiger partial charge < -0.3 is 4.90 Å². The lowest BCUT2D eigenvalue weighted by atomic mass is 10.0. The van der Waals surface area contributed by atoms with Crippen LogP contribution in [0, 0.1) is 11.8 Å². The predicted octanol–water partition coefficient (Wildman–Crippen LogP) is 2.44. The number of amides is 1. The van der Waals surface area contributed by atoms with Crippen molar-refractivity contribution in [2.24, 2.45) is 11.8 Å². The molecule has 0 heterocycles. The lowest BCUT2D eigenvalue weighted by molar-refractivity contribution is -0.132. The van der Waals surface area contributed by atoms with Crippen LogP contribution in [0.3, 0.4) is 0 Å². The van der Waals surface area contributed by atoms with Crippen LogP contribution in [0.25, 0.3) is 0 Å². The molecule has 0 aromatic heterocycles. The van der Waals surface area contributed by atoms with E-state index in [-0.39, 0.29) is 23.1 Å². The van der Waals surface area contributed by atoms with Gasteiger partial charge >= 0.3 is 0 Å². The lowest BCUT2D eigenvalue weighted by Gasteiger charge is -2.31. The monoisotopic (exact) mass is 217 g/mol. The minimum Gasteiger partial charge on any atom is -0.342 e. The highest BCUT2D eigenvalue weighted by molar-refractivity contribution is 7.81. The fraction of sp³-hybridized carbons (Fsp3) is 0.909. The van der Waals surface area contributed by atoms with Crippen molar-refractivity contribution in [3.63, 3.8) is 0 Å². The van der Waals surface area contributed by atoms with Gasteiger partial charge in [-0.15, -0.1) is 0 Å². The SMILES string of the molecule is CC(C)C(S)C(=O)N(C)C(C)C(C)C. The summed E-state index contributed by atoms with van der Waals surface area (Å²) in [6.45, 7) is 10.4. The van der Waals surface area contributed by atoms with Crippen molar-refractivity contribution >= 4 is 18.5 Å². The number of hydrogen-bond acceptors (Lipinski definition) is 2. The van der Waals surface area contributed by atoms with Crippen molar-refractivity contribution in [1.29, 1.82) is 0 Å². The predicted molar refractivity (Wildman–Crippen MR) is 64.7 cm³/mol. The Bertz CT molecular complexity index is 192. The van der Waals surface area contributed by atoms with Crippen LogP contribution in [0.15, 0.2) is 0 Å². The first-order chi connectivity index (χ1) is 6.29. The molecular weight excluding hydrogens is 194 g/mol. The minimum atomic E-state index is -0.179. The van der Waals surface area contributed by atoms with Gasteiger partial charge in [0.25, 0.3) is 0 Å². The molecule has 0 saturated heterocycles. The summed E-state index contributed by atoms with van der Waals surface area (Å²) in [5.41, 5.74) is 0. The van der Waals surface area contributed by atoms with E-state index in [2.05, 4.69) is 33.4 Å². The Morgan fingerprint density at radius 3 is 1.79 bits per heavy atom. The largest absolute Gasteiger partial charge is 0.342 e. The lowest BCUT2D eigenvalue weighted by Crippen LogP contribution is -2.43. The van der Waals surface area contributed by atoms with Crippen LogP contribution in [0.1, 0.15) is 34.6 Å². The Hall–Kier alpha value is -0.180. The van der Waals surface area contributed by atoms with Crippen LogP contribution in [0.2, 0.25) is 0 Å². The van der Waals surface area contributed by atoms with Gasteiger partial charge in [0.05, 0.1) is 5.25 Å². The molecule has 0 aliphatic rings. The zero-order valence-electron chi connectivity index (χ0n) is 10.1. The second-order valence-corrected chi connectivity index (χ2v) is 5.18. The van der Waals surface area contributed by atoms with E-state index in [0.717, 1.165) is 0 Å². The number of carbonyl (C=O) groups is 1. The summed E-state index contributed by atoms with van der Waals surface area (Å²) in [6, 6.07) is 0.274. The molecule has 0 rings (SSSR count). The average molecular weight is 217 g/mol. The highest BCUT2D eigenvalue weighted by Gasteiger charge is 2.25. The molecular formula is C11H23NOS. The number of nitrogens with zero attached hydrogens (tertiary/aromatic N) is 1. The molecule has 0 aromatic carbocycles. The number of carbonyl (C=O) groups excluding carboxylic acids is 1. The van der Waals surface area contributed by atoms with E-state index in [1.54, 1.807) is 0 Å². The van der Waals surface area contributed by atoms with Crippen molar-refractivity contribution in [3.8, 4) is 0 Å². The van der Waals surface area contributed by atoms with E-state index in [9.17, 15) is 4.79 Å². The summed E-state index contributed by atoms with van der Waals surface area (Å²) in [7, 11) is 1.86. The van der Waals surface area contributed by atoms with Gasteiger partial charge in [0, 0.05) is 13.1 Å². The van der Waals surface area contributed by atoms with E-state index in [0.29, 0.717) is 5.92 Å². The average Bonchev–Trinajstić information content (AvgIpc) is 2.12. The molecule has 2 atom stereocenters. The molecule has 0 saturated carbocycles. The molecule has 0 bridgehead atoms. The second-order valence-electron chi connectivity index (χ2n) is 4.62. The van der Waals surface area contributed by atoms with Crippen LogP contribution in [-0.2, 0) is 4.79 Å². The Balaban J connectivity index is 4.39. The zero-order valence-corrected chi connectivity index (χ0v) is 11.0. The molecule has 2 unspecified atom stereocenters. The van der Waals surface area contributed by atoms with Crippen molar-refractivity contribution in [2.75, 3.05) is 7.05 Å². The molecule has 0 radical (unpaired) electrons. The first kappa shape index (κ1) is 13.8. The first-order valence-corrected chi connectivity index (χ1v) is 5.75. The smallest absolute Gasteiger partial charge is 0.235 e. The molecule has 14 heavy (non-hydrogen) atoms. The molecule has 0 aliphatic heterocycles. The first-order valence-electron chi connectivity index (χ1n) is 5.23. The van der Waals surface area contributed by atoms with Gasteiger partial charge in [-0.05, 0) is 18.8 Å². The van der Waals surface area contributed by atoms with Crippen LogP contribution < -0.4 is 0 Å². The number of rotatable bonds is 4. The normalized spacial score (nSPS) is 15.8. The molecule has 84 valence electrons. The summed E-state index contributed by atoms with van der Waals surface area (Å²) in [4.78, 5) is 13.7. The summed E-state index contributed by atoms with van der Waals surface area (Å²) in [5, 5.41) is -0.179. The molecule has 1 amide bonds. The summed E-state index contributed by atoms with van der Waals surface area (Å²) in [5.74, 6) is 0.897. The Labute approximate surface area is 93.5 Å². The van der Waals surface area contributed by atoms with E-state index >= 15 is 0 Å². The molecule has 0 aromatic rings. The van der Waals surface area contributed by atoms with Crippen molar-refractivity contribution in [2.45, 2.75) is 45.9 Å². The van der Waals surface area contributed by atoms with E-state index in [1.807, 2.05) is 25.8 Å². The fourth-order valence-electron chi connectivity index (χ4n) is 1.14. The van der Waals surface area contributed by atoms with Gasteiger partial charge in [-0.25, -0.2) is 0 Å². The van der Waals surface area contributed by atoms with Crippen LogP contribution in [-0.4, -0.2) is 29.1 Å². The second kappa shape index (κ2) is 5.64. The third-order valence-corrected chi connectivity index (χ3v) is 3.62. The third kappa shape index (κ3) is 3.52. The summed E-state index contributed by atoms with van der Waals surface area (Å²) < 4.78 is 0. The topological polar surface area (TPSA) is 20.3 Å². The fourth-order valence-corrected chi connectivity index (χ4v) is 1.32. The van der Waals surface area contributed by atoms with E-state index in [1.165, 1.54) is 0 Å². The highest BCUT2D eigenvalue weighted by atomic mass is 32.1. The Morgan fingerprint density at radius 1 is 1.07 bits per heavy atom. The summed E-state index contributed by atoms with van der Waals surface area (Å²) in [6.07, 6.45) is 0. The van der Waals surface area contributed by atoms with Crippen LogP contribution >= 0.6 is 12.6 Å². The quantitative estimate of drug-likeness (QED) is 0.717. The maximum absolute atomic E-state index is 11.9. The Morgan fingerprint density at radius 2 is 1.50 bits per heavy atom. The molecule has 0 aliphatic carbocycles. The van der Waals surface area contributed by atoms with Gasteiger partial charge in [0.2, 0.25) is 5.91 Å². The van der Waals surface area contributed by atoms with Gasteiger partial charge in [0.1, 0.15) is 0 Å². The molecule has 0 N–H and O–H groups in total. The Kier molecular flexibility index (Phi) is 5.57. The molecule has 3 heteroatoms. The third-order valence-electron chi connectivity index (χ3n) is 2.81. The molecule has 0 spiro atoms. The highest BCUT2D eigenvalue weighted by Crippen LogP contribution is 2.16. The van der Waals surface area contributed by atoms with E-state index in [4.69, 9.17) is 0 Å². The van der Waals surface area contributed by atoms with Crippen LogP contribution in [0.5, 0.6) is 0 Å². The minimum absolute atomic E-state index is 0.129. The zero-order chi connectivity index (χ0) is 11.5. The van der Waals surface area contributed by atoms with Crippen LogP contribution in [0.4, 0.5) is 0 Å². The van der Waals surface area contributed by atoms with E-state index < -0.39 is 0 Å². The summed E-state index contributed by atoms with van der Waals surface area (Å²) >= 11 is 4.33. The van der Waals surface area contributed by atoms with Gasteiger partial charge in [-0.1, -0.05) is 27.7 Å². The van der Waals surface area contributed by atoms with Crippen molar-refractivity contribution < 1.29 is 4.79 Å². The number of thiol groups is 1. The van der Waals surface area contributed by atoms with Gasteiger partial charge in [-0.2, -0.15) is 12.6 Å². The maximum Gasteiger partial charge on any atom is 0.235 e. The molecule has 0 fully saturated rings. The van der Waals surface area contributed by atoms with Gasteiger partial charge in [0.15, 0.2) is 0 Å². The van der Waals surface area contributed by atoms with Crippen molar-refractivity contribution in [1.82, 2.24) is 4.90 Å². The maximum atomic E-state index is 11.9. The number of hydrogen-bond donors (Lipinski definition) is 1. The van der Waals surface area contributed by atoms with Crippen molar-refractivity contribution in [3.05, 3.63) is 0 Å².